The van der Waals surface area contributed by atoms with Gasteiger partial charge in [-0.05, 0) is 162 Å². The third-order valence-electron chi connectivity index (χ3n) is 14.1. The van der Waals surface area contributed by atoms with Crippen LogP contribution in [0.1, 0.15) is 272 Å². The van der Waals surface area contributed by atoms with Crippen molar-refractivity contribution >= 4 is 83.3 Å². The fourth-order valence-electron chi connectivity index (χ4n) is 10.2. The first-order valence-electron chi connectivity index (χ1n) is 36.6. The Morgan fingerprint density at radius 1 is 0.505 bits per heavy atom. The van der Waals surface area contributed by atoms with E-state index < -0.39 is 53.5 Å². The van der Waals surface area contributed by atoms with Crippen LogP contribution in [0.25, 0.3) is 0 Å². The quantitative estimate of drug-likeness (QED) is 0.00966. The van der Waals surface area contributed by atoms with E-state index in [9.17, 15) is 72.2 Å². The Kier molecular flexibility index (Phi) is 76.2. The Labute approximate surface area is 637 Å². The number of Topliss-reactive ketones (excluding diaryl/α,β-unsaturated/α-hetero) is 2. The molecule has 1 aromatic carbocycles. The van der Waals surface area contributed by atoms with Crippen molar-refractivity contribution in [2.75, 3.05) is 6.54 Å². The summed E-state index contributed by atoms with van der Waals surface area (Å²) in [4.78, 5) is 146. The number of ketones is 2. The van der Waals surface area contributed by atoms with Gasteiger partial charge in [-0.25, -0.2) is 0 Å². The summed E-state index contributed by atoms with van der Waals surface area (Å²) >= 11 is 0. The van der Waals surface area contributed by atoms with Gasteiger partial charge < -0.3 is 73.6 Å². The van der Waals surface area contributed by atoms with Gasteiger partial charge in [-0.2, -0.15) is 10.5 Å². The molecule has 107 heavy (non-hydrogen) atoms. The number of aldehydes is 1. The normalized spacial score (nSPS) is 12.8. The van der Waals surface area contributed by atoms with E-state index in [1.165, 1.54) is 19.4 Å². The van der Waals surface area contributed by atoms with Crippen LogP contribution in [-0.2, 0) is 71.9 Å². The molecular weight excluding hydrogens is 1380 g/mol. The van der Waals surface area contributed by atoms with Crippen molar-refractivity contribution in [3.8, 4) is 12.1 Å². The zero-order valence-corrected chi connectivity index (χ0v) is 67.7. The molecule has 0 spiro atoms. The molecule has 0 bridgehead atoms. The summed E-state index contributed by atoms with van der Waals surface area (Å²) in [5, 5.41) is 69.2. The van der Waals surface area contributed by atoms with E-state index in [-0.39, 0.29) is 129 Å². The number of cyclic esters (lactones) is 2. The van der Waals surface area contributed by atoms with Gasteiger partial charge in [0, 0.05) is 82.2 Å². The van der Waals surface area contributed by atoms with Crippen LogP contribution in [0.4, 0.5) is 0 Å². The van der Waals surface area contributed by atoms with Crippen molar-refractivity contribution in [3.05, 3.63) is 47.5 Å². The maximum atomic E-state index is 10.8. The number of carboxylic acids is 6. The van der Waals surface area contributed by atoms with Crippen LogP contribution >= 0.6 is 0 Å². The van der Waals surface area contributed by atoms with Crippen LogP contribution in [0.2, 0.25) is 0 Å². The van der Waals surface area contributed by atoms with Gasteiger partial charge in [-0.15, -0.1) is 0 Å². The van der Waals surface area contributed by atoms with Gasteiger partial charge in [0.1, 0.15) is 24.2 Å². The van der Waals surface area contributed by atoms with Crippen molar-refractivity contribution in [1.82, 2.24) is 0 Å². The number of nitrogens with two attached hydrogens (primary N) is 4. The highest BCUT2D eigenvalue weighted by molar-refractivity contribution is 5.97. The number of carboxylic acid groups (broad SMARTS) is 6. The second-order valence-corrected chi connectivity index (χ2v) is 30.1. The number of benzene rings is 1. The van der Waals surface area contributed by atoms with Crippen molar-refractivity contribution < 1.29 is 108 Å². The summed E-state index contributed by atoms with van der Waals surface area (Å²) < 4.78 is 4.42. The Balaban J connectivity index is -0.000000171. The highest BCUT2D eigenvalue weighted by Gasteiger charge is 2.27. The minimum atomic E-state index is -1.12. The fraction of sp³-hybridized carbons (Fsp3) is 0.696. The second-order valence-electron chi connectivity index (χ2n) is 30.1. The predicted molar refractivity (Wildman–Crippen MR) is 407 cm³/mol. The molecule has 614 valence electrons. The molecule has 16 N–H and O–H groups in total. The first-order chi connectivity index (χ1) is 49.2. The third-order valence-corrected chi connectivity index (χ3v) is 14.1. The van der Waals surface area contributed by atoms with Gasteiger partial charge in [0.2, 0.25) is 17.7 Å². The maximum absolute atomic E-state index is 10.8. The molecule has 28 nitrogen and oxygen atoms in total. The first kappa shape index (κ1) is 114. The van der Waals surface area contributed by atoms with E-state index >= 15 is 0 Å². The molecule has 5 atom stereocenters. The molecule has 1 aliphatic rings. The zero-order valence-electron chi connectivity index (χ0n) is 67.7. The number of allylic oxidation sites excluding steroid dienone is 2. The van der Waals surface area contributed by atoms with Crippen LogP contribution in [-0.4, -0.2) is 115 Å². The predicted octanol–water partition coefficient (Wildman–Crippen LogP) is 10.6. The van der Waals surface area contributed by atoms with Crippen molar-refractivity contribution in [1.29, 1.82) is 10.5 Å². The summed E-state index contributed by atoms with van der Waals surface area (Å²) in [5.74, 6) is -4.42. The number of hydrogen-bond acceptors (Lipinski definition) is 19. The van der Waals surface area contributed by atoms with E-state index in [2.05, 4.69) is 57.2 Å². The summed E-state index contributed by atoms with van der Waals surface area (Å²) in [6.07, 6.45) is 10.2. The lowest BCUT2D eigenvalue weighted by Crippen LogP contribution is -2.51. The summed E-state index contributed by atoms with van der Waals surface area (Å²) in [6, 6.07) is 14.3. The zero-order chi connectivity index (χ0) is 85.2. The number of esters is 2. The number of hydrogen-bond donors (Lipinski definition) is 10. The minimum absolute atomic E-state index is 0.0289. The molecular formula is C79H137N7O21. The number of ether oxygens (including phenoxy) is 1. The summed E-state index contributed by atoms with van der Waals surface area (Å²) in [5.41, 5.74) is 25.9. The van der Waals surface area contributed by atoms with Crippen LogP contribution in [0.15, 0.2) is 42.0 Å². The number of carbonyl (C=O) groups excluding carboxylic acids is 9. The van der Waals surface area contributed by atoms with Gasteiger partial charge in [0.15, 0.2) is 5.78 Å². The molecule has 0 aromatic heterocycles. The third kappa shape index (κ3) is 99.3. The Morgan fingerprint density at radius 3 is 1.01 bits per heavy atom. The van der Waals surface area contributed by atoms with Gasteiger partial charge in [-0.3, -0.25) is 57.5 Å². The Morgan fingerprint density at radius 2 is 0.813 bits per heavy atom. The molecule has 0 saturated carbocycles. The Hall–Kier alpha value is -8.76. The largest absolute Gasteiger partial charge is 0.550 e. The highest BCUT2D eigenvalue weighted by Crippen LogP contribution is 2.25. The van der Waals surface area contributed by atoms with Crippen LogP contribution in [0, 0.1) is 106 Å². The van der Waals surface area contributed by atoms with Crippen molar-refractivity contribution in [3.63, 3.8) is 0 Å². The lowest BCUT2D eigenvalue weighted by atomic mass is 9.90. The van der Waals surface area contributed by atoms with E-state index in [1.54, 1.807) is 12.1 Å². The van der Waals surface area contributed by atoms with Gasteiger partial charge in [0.25, 0.3) is 0 Å². The lowest BCUT2D eigenvalue weighted by Gasteiger charge is -2.20. The lowest BCUT2D eigenvalue weighted by molar-refractivity contribution is -0.420. The van der Waals surface area contributed by atoms with Gasteiger partial charge in [0.05, 0.1) is 18.1 Å². The minimum Gasteiger partial charge on any atom is -0.550 e. The van der Waals surface area contributed by atoms with Crippen molar-refractivity contribution in [2.45, 2.75) is 266 Å². The molecule has 3 amide bonds. The highest BCUT2D eigenvalue weighted by atomic mass is 16.6. The van der Waals surface area contributed by atoms with Crippen molar-refractivity contribution in [2.24, 2.45) is 106 Å². The standard InChI is InChI=1S/3C9H17NO3.C9H13NO.C9H16O4.C9H14O3.C8H17NO2.C8H11N.C5H10O.C4H5NO/c3*1-6(2)3-7(4-8(10)11)5-9(12)13;1-7(2)4-5-9(6-10)8(3)11;1-6(2)3-7(4-8(10)11)5-9(12)13;1-6(2)3-7-4-8(10)12-9(11)5-7;1-6(2)3-7(5-9)4-8(10)11;1-7(9)8-5-3-2-4-6-8;1-5(2)3-4-6;1-4(6)2-3-5/h3*6-7H,3-5H2,1-2H3,(H2,10,11)(H,12,13);5,7H,4H2,1-3H3;6-7H,3-5H2,1-2H3,(H,10,11)(H,12,13);6-7H,3-5H2,1-2H3;6-7H,3-5,9H2,1-2H3,(H,10,11);2-7H,9H2,1H3;4-5H,3H2,1-2H3;2H2,1H3/b;;;9-5+;;;;;;/t2*7-;;;;;2*7-;;/m11....01../s1. The average molecular weight is 1520 g/mol. The monoisotopic (exact) mass is 1520 g/mol. The van der Waals surface area contributed by atoms with Gasteiger partial charge >= 0.3 is 41.8 Å². The number of aliphatic carboxylic acids is 6. The van der Waals surface area contributed by atoms with E-state index in [0.29, 0.717) is 92.0 Å². The van der Waals surface area contributed by atoms with E-state index in [4.69, 9.17) is 59.0 Å². The number of nitrogens with zero attached hydrogens (tertiary/aromatic N) is 2. The average Bonchev–Trinajstić information content (AvgIpc) is 0.893. The SMILES string of the molecule is CC(=O)/C(C#N)=C/CC(C)C.CC(=O)CC#N.CC(C)CC(CC(=O)O)CC(=O)O.CC(C)CC(CC(N)=O)CC(=O)O.CC(C)CC1CC(=O)OC(=O)C1.CC(C)CC=O.CC(C)C[C@H](CC(N)=O)CC(=O)O.CC(C)C[C@H](CC(N)=O)CC(=O)[O-].CC(C)C[C@H](CN)CC(=O)O.C[C@@H]([NH3+])c1ccccc1. The molecule has 0 radical (unpaired) electrons. The van der Waals surface area contributed by atoms with E-state index in [0.717, 1.165) is 38.4 Å². The van der Waals surface area contributed by atoms with Crippen LogP contribution in [0.3, 0.4) is 0 Å². The van der Waals surface area contributed by atoms with Crippen LogP contribution < -0.4 is 33.8 Å². The maximum Gasteiger partial charge on any atom is 0.313 e. The molecule has 1 saturated heterocycles. The molecule has 28 heteroatoms. The smallest absolute Gasteiger partial charge is 0.313 e. The second kappa shape index (κ2) is 71.5. The molecule has 2 rings (SSSR count). The molecule has 1 aromatic rings. The summed E-state index contributed by atoms with van der Waals surface area (Å²) in [6.45, 7) is 37.7. The van der Waals surface area contributed by atoms with Crippen LogP contribution in [0.5, 0.6) is 0 Å². The van der Waals surface area contributed by atoms with Gasteiger partial charge in [-0.1, -0.05) is 147 Å². The number of quaternary nitrogens is 1. The number of rotatable bonds is 38. The fourth-order valence-corrected chi connectivity index (χ4v) is 10.2. The molecule has 0 aliphatic carbocycles. The first-order valence-corrected chi connectivity index (χ1v) is 36.6. The summed E-state index contributed by atoms with van der Waals surface area (Å²) in [7, 11) is 0. The molecule has 1 heterocycles. The number of primary amides is 3. The number of nitriles is 2. The Bertz CT molecular complexity index is 2560. The topological polar surface area (TPSA) is 552 Å². The number of carbonyl (C=O) groups is 14. The molecule has 1 fully saturated rings. The molecule has 1 aliphatic heterocycles. The molecule has 1 unspecified atom stereocenters. The van der Waals surface area contributed by atoms with E-state index in [1.807, 2.05) is 107 Å². The number of amides is 3.